The van der Waals surface area contributed by atoms with Crippen molar-refractivity contribution in [2.45, 2.75) is 0 Å². The minimum Gasteiger partial charge on any atom is -0.274 e. The Morgan fingerprint density at radius 3 is 2.58 bits per heavy atom. The second kappa shape index (κ2) is 2.95. The van der Waals surface area contributed by atoms with Gasteiger partial charge in [0.25, 0.3) is 0 Å². The molecule has 0 amide bonds. The minimum atomic E-state index is -3.69. The molecule has 0 fully saturated rings. The fourth-order valence-electron chi connectivity index (χ4n) is 0.697. The molecule has 0 aliphatic carbocycles. The Hall–Kier alpha value is -0.750. The summed E-state index contributed by atoms with van der Waals surface area (Å²) in [6.07, 6.45) is 2.97. The van der Waals surface area contributed by atoms with Gasteiger partial charge in [0.05, 0.1) is 11.9 Å². The Labute approximate surface area is 75.1 Å². The van der Waals surface area contributed by atoms with E-state index in [9.17, 15) is 8.42 Å². The smallest absolute Gasteiger partial charge is 0.274 e. The number of halogens is 1. The Morgan fingerprint density at radius 1 is 1.67 bits per heavy atom. The predicted molar refractivity (Wildman–Crippen MR) is 46.4 cm³/mol. The quantitative estimate of drug-likeness (QED) is 0.660. The fourth-order valence-corrected chi connectivity index (χ4v) is 1.28. The average molecular weight is 210 g/mol. The van der Waals surface area contributed by atoms with Gasteiger partial charge in [-0.05, 0) is 0 Å². The first-order valence-electron chi connectivity index (χ1n) is 3.08. The van der Waals surface area contributed by atoms with Gasteiger partial charge in [0.15, 0.2) is 0 Å². The third-order valence-electron chi connectivity index (χ3n) is 1.38. The summed E-state index contributed by atoms with van der Waals surface area (Å²) in [6.45, 7) is 0. The van der Waals surface area contributed by atoms with E-state index in [1.165, 1.54) is 17.9 Å². The summed E-state index contributed by atoms with van der Waals surface area (Å²) in [5.74, 6) is 0. The number of anilines is 1. The van der Waals surface area contributed by atoms with Crippen molar-refractivity contribution in [3.8, 4) is 0 Å². The van der Waals surface area contributed by atoms with E-state index in [4.69, 9.17) is 10.7 Å². The maximum Gasteiger partial charge on any atom is 0.321 e. The molecule has 5 nitrogen and oxygen atoms in total. The van der Waals surface area contributed by atoms with Gasteiger partial charge in [0.1, 0.15) is 0 Å². The van der Waals surface area contributed by atoms with Gasteiger partial charge in [-0.1, -0.05) is 0 Å². The molecule has 0 aliphatic heterocycles. The van der Waals surface area contributed by atoms with E-state index in [2.05, 4.69) is 5.10 Å². The second-order valence-corrected chi connectivity index (χ2v) is 4.82. The highest BCUT2D eigenvalue weighted by atomic mass is 35.7. The molecule has 1 aromatic rings. The molecule has 0 aliphatic rings. The van der Waals surface area contributed by atoms with E-state index in [1.54, 1.807) is 13.2 Å². The van der Waals surface area contributed by atoms with Crippen LogP contribution in [-0.4, -0.2) is 25.2 Å². The number of hydrogen-bond donors (Lipinski definition) is 0. The molecule has 0 bridgehead atoms. The van der Waals surface area contributed by atoms with Crippen LogP contribution in [0.15, 0.2) is 12.4 Å². The lowest BCUT2D eigenvalue weighted by molar-refractivity contribution is 0.608. The van der Waals surface area contributed by atoms with Crippen LogP contribution in [0, 0.1) is 0 Å². The van der Waals surface area contributed by atoms with Crippen molar-refractivity contribution in [1.82, 2.24) is 9.78 Å². The molecule has 0 saturated heterocycles. The van der Waals surface area contributed by atoms with Crippen molar-refractivity contribution in [3.63, 3.8) is 0 Å². The normalized spacial score (nSPS) is 11.6. The largest absolute Gasteiger partial charge is 0.321 e. The lowest BCUT2D eigenvalue weighted by atomic mass is 10.6. The van der Waals surface area contributed by atoms with Gasteiger partial charge in [-0.3, -0.25) is 8.99 Å². The topological polar surface area (TPSA) is 55.2 Å². The first-order valence-corrected chi connectivity index (χ1v) is 5.35. The fraction of sp³-hybridized carbons (Fsp3) is 0.400. The van der Waals surface area contributed by atoms with E-state index in [-0.39, 0.29) is 0 Å². The molecule has 0 spiro atoms. The van der Waals surface area contributed by atoms with Gasteiger partial charge in [0.2, 0.25) is 0 Å². The molecule has 0 radical (unpaired) electrons. The minimum absolute atomic E-state index is 0.438. The molecule has 0 saturated carbocycles. The third kappa shape index (κ3) is 1.89. The van der Waals surface area contributed by atoms with Crippen molar-refractivity contribution in [1.29, 1.82) is 0 Å². The maximum atomic E-state index is 10.8. The summed E-state index contributed by atoms with van der Waals surface area (Å²) in [4.78, 5) is 0. The second-order valence-electron chi connectivity index (χ2n) is 2.28. The molecule has 0 unspecified atom stereocenters. The van der Waals surface area contributed by atoms with Crippen LogP contribution in [0.3, 0.4) is 0 Å². The lowest BCUT2D eigenvalue weighted by Crippen LogP contribution is -2.20. The van der Waals surface area contributed by atoms with Crippen LogP contribution in [-0.2, 0) is 16.3 Å². The molecule has 12 heavy (non-hydrogen) atoms. The standard InChI is InChI=1S/C5H8ClN3O2S/c1-8-4-5(3-7-8)9(2)12(6,10)11/h3-4H,1-2H3. The van der Waals surface area contributed by atoms with Gasteiger partial charge >= 0.3 is 9.24 Å². The van der Waals surface area contributed by atoms with Gasteiger partial charge in [0, 0.05) is 31.0 Å². The Bertz CT molecular complexity index is 372. The van der Waals surface area contributed by atoms with E-state index in [0.29, 0.717) is 5.69 Å². The number of hydrogen-bond acceptors (Lipinski definition) is 3. The van der Waals surface area contributed by atoms with Gasteiger partial charge < -0.3 is 0 Å². The number of nitrogens with zero attached hydrogens (tertiary/aromatic N) is 3. The van der Waals surface area contributed by atoms with Crippen molar-refractivity contribution in [3.05, 3.63) is 12.4 Å². The highest BCUT2D eigenvalue weighted by Crippen LogP contribution is 2.16. The summed E-state index contributed by atoms with van der Waals surface area (Å²) in [7, 11) is 4.45. The summed E-state index contributed by atoms with van der Waals surface area (Å²) in [6, 6.07) is 0. The maximum absolute atomic E-state index is 10.8. The van der Waals surface area contributed by atoms with Crippen LogP contribution in [0.4, 0.5) is 5.69 Å². The van der Waals surface area contributed by atoms with Crippen LogP contribution >= 0.6 is 10.7 Å². The summed E-state index contributed by atoms with van der Waals surface area (Å²) < 4.78 is 24.0. The summed E-state index contributed by atoms with van der Waals surface area (Å²) in [5.41, 5.74) is 0.438. The SMILES string of the molecule is CN(c1cnn(C)c1)S(=O)(=O)Cl. The van der Waals surface area contributed by atoms with E-state index in [0.717, 1.165) is 4.31 Å². The van der Waals surface area contributed by atoms with Gasteiger partial charge in [-0.15, -0.1) is 0 Å². The van der Waals surface area contributed by atoms with Crippen molar-refractivity contribution in [2.75, 3.05) is 11.4 Å². The van der Waals surface area contributed by atoms with Crippen molar-refractivity contribution in [2.24, 2.45) is 7.05 Å². The van der Waals surface area contributed by atoms with Crippen LogP contribution in [0.2, 0.25) is 0 Å². The van der Waals surface area contributed by atoms with Crippen molar-refractivity contribution < 1.29 is 8.42 Å². The highest BCUT2D eigenvalue weighted by Gasteiger charge is 2.15. The van der Waals surface area contributed by atoms with Crippen LogP contribution in [0.25, 0.3) is 0 Å². The first kappa shape index (κ1) is 9.34. The number of aryl methyl sites for hydroxylation is 1. The Morgan fingerprint density at radius 2 is 2.25 bits per heavy atom. The molecule has 0 aromatic carbocycles. The van der Waals surface area contributed by atoms with Gasteiger partial charge in [-0.2, -0.15) is 13.5 Å². The zero-order chi connectivity index (χ0) is 9.35. The molecule has 7 heteroatoms. The van der Waals surface area contributed by atoms with Crippen molar-refractivity contribution >= 4 is 25.6 Å². The lowest BCUT2D eigenvalue weighted by Gasteiger charge is -2.10. The predicted octanol–water partition coefficient (Wildman–Crippen LogP) is 0.340. The molecular weight excluding hydrogens is 202 g/mol. The highest BCUT2D eigenvalue weighted by molar-refractivity contribution is 8.14. The molecular formula is C5H8ClN3O2S. The Balaban J connectivity index is 3.01. The Kier molecular flexibility index (Phi) is 2.29. The van der Waals surface area contributed by atoms with Gasteiger partial charge in [-0.25, -0.2) is 0 Å². The first-order chi connectivity index (χ1) is 5.41. The number of rotatable bonds is 2. The molecule has 68 valence electrons. The van der Waals surface area contributed by atoms with Crippen LogP contribution in [0.5, 0.6) is 0 Å². The van der Waals surface area contributed by atoms with E-state index < -0.39 is 9.24 Å². The van der Waals surface area contributed by atoms with E-state index in [1.807, 2.05) is 0 Å². The molecule has 0 N–H and O–H groups in total. The average Bonchev–Trinajstić information content (AvgIpc) is 2.32. The summed E-state index contributed by atoms with van der Waals surface area (Å²) in [5, 5.41) is 3.80. The molecule has 0 atom stereocenters. The third-order valence-corrected chi connectivity index (χ3v) is 2.87. The zero-order valence-electron chi connectivity index (χ0n) is 6.60. The number of aromatic nitrogens is 2. The molecule has 1 aromatic heterocycles. The van der Waals surface area contributed by atoms with Crippen LogP contribution in [0.1, 0.15) is 0 Å². The van der Waals surface area contributed by atoms with Crippen LogP contribution < -0.4 is 4.31 Å². The molecule has 1 rings (SSSR count). The zero-order valence-corrected chi connectivity index (χ0v) is 8.17. The monoisotopic (exact) mass is 209 g/mol. The summed E-state index contributed by atoms with van der Waals surface area (Å²) >= 11 is 0. The van der Waals surface area contributed by atoms with E-state index >= 15 is 0 Å². The molecule has 1 heterocycles.